The van der Waals surface area contributed by atoms with Gasteiger partial charge in [-0.15, -0.1) is 0 Å². The molecule has 1 aromatic carbocycles. The fraction of sp³-hybridized carbons (Fsp3) is 0.565. The van der Waals surface area contributed by atoms with Crippen LogP contribution in [-0.2, 0) is 12.8 Å². The van der Waals surface area contributed by atoms with Gasteiger partial charge in [0, 0.05) is 29.3 Å². The van der Waals surface area contributed by atoms with Gasteiger partial charge in [0.2, 0.25) is 0 Å². The lowest BCUT2D eigenvalue weighted by Gasteiger charge is -2.44. The van der Waals surface area contributed by atoms with Crippen LogP contribution in [0.3, 0.4) is 0 Å². The van der Waals surface area contributed by atoms with Crippen LogP contribution in [0.1, 0.15) is 53.7 Å². The smallest absolute Gasteiger partial charge is 0.269 e. The van der Waals surface area contributed by atoms with Crippen molar-refractivity contribution < 1.29 is 9.53 Å². The number of aromatic amines is 1. The summed E-state index contributed by atoms with van der Waals surface area (Å²) in [5, 5.41) is 10.8. The molecule has 2 aliphatic heterocycles. The molecule has 0 radical (unpaired) electrons. The zero-order valence-corrected chi connectivity index (χ0v) is 17.2. The first kappa shape index (κ1) is 18.7. The van der Waals surface area contributed by atoms with E-state index in [1.807, 2.05) is 12.1 Å². The Morgan fingerprint density at radius 2 is 2.07 bits per heavy atom. The first-order chi connectivity index (χ1) is 14.3. The lowest BCUT2D eigenvalue weighted by Crippen LogP contribution is -2.51. The summed E-state index contributed by atoms with van der Waals surface area (Å²) in [6.07, 6.45) is 8.06. The summed E-state index contributed by atoms with van der Waals surface area (Å²) in [6, 6.07) is 6.69. The zero-order chi connectivity index (χ0) is 19.8. The molecule has 0 saturated carbocycles. The second kappa shape index (κ2) is 7.82. The van der Waals surface area contributed by atoms with E-state index in [-0.39, 0.29) is 5.91 Å². The van der Waals surface area contributed by atoms with Gasteiger partial charge in [-0.05, 0) is 63.6 Å². The molecule has 6 nitrogen and oxygen atoms in total. The van der Waals surface area contributed by atoms with E-state index in [4.69, 9.17) is 4.74 Å². The summed E-state index contributed by atoms with van der Waals surface area (Å²) in [5.41, 5.74) is 4.81. The standard InChI is InChI=1S/C23H30N4O2/c1-29-20-9-4-7-17-16(20)10-11-18-21(17)25-26-22(18)23(28)24-14-15-6-5-13-27-12-3-2-8-19(15)27/h4,7,9,15,19H,2-3,5-6,8,10-14H2,1H3,(H,24,28)(H,25,26)/t15-,19-/m1/s1. The molecule has 2 aromatic rings. The minimum absolute atomic E-state index is 0.0157. The van der Waals surface area contributed by atoms with Crippen molar-refractivity contribution in [1.29, 1.82) is 0 Å². The van der Waals surface area contributed by atoms with E-state index in [1.54, 1.807) is 7.11 Å². The number of ether oxygens (including phenoxy) is 1. The predicted molar refractivity (Wildman–Crippen MR) is 112 cm³/mol. The van der Waals surface area contributed by atoms with E-state index >= 15 is 0 Å². The van der Waals surface area contributed by atoms with Gasteiger partial charge in [0.05, 0.1) is 12.8 Å². The summed E-state index contributed by atoms with van der Waals surface area (Å²) in [6.45, 7) is 3.22. The Balaban J connectivity index is 1.31. The molecule has 2 N–H and O–H groups in total. The number of hydrogen-bond acceptors (Lipinski definition) is 4. The fourth-order valence-electron chi connectivity index (χ4n) is 5.63. The number of methoxy groups -OCH3 is 1. The van der Waals surface area contributed by atoms with Crippen LogP contribution in [0.5, 0.6) is 5.75 Å². The highest BCUT2D eigenvalue weighted by Gasteiger charge is 2.33. The molecule has 2 atom stereocenters. The number of nitrogens with zero attached hydrogens (tertiary/aromatic N) is 2. The van der Waals surface area contributed by atoms with Crippen molar-refractivity contribution in [2.75, 3.05) is 26.7 Å². The van der Waals surface area contributed by atoms with Gasteiger partial charge in [-0.1, -0.05) is 18.6 Å². The number of fused-ring (bicyclic) bond motifs is 4. The number of benzene rings is 1. The second-order valence-corrected chi connectivity index (χ2v) is 8.62. The van der Waals surface area contributed by atoms with Gasteiger partial charge in [0.1, 0.15) is 11.4 Å². The molecule has 154 valence electrons. The molecule has 3 heterocycles. The van der Waals surface area contributed by atoms with E-state index in [9.17, 15) is 4.79 Å². The van der Waals surface area contributed by atoms with Crippen molar-refractivity contribution in [3.8, 4) is 17.0 Å². The molecule has 6 heteroatoms. The number of aromatic nitrogens is 2. The quantitative estimate of drug-likeness (QED) is 0.836. The van der Waals surface area contributed by atoms with Crippen molar-refractivity contribution in [2.45, 2.75) is 51.0 Å². The Bertz CT molecular complexity index is 904. The van der Waals surface area contributed by atoms with Crippen LogP contribution in [0.25, 0.3) is 11.3 Å². The number of amides is 1. The van der Waals surface area contributed by atoms with Gasteiger partial charge in [-0.3, -0.25) is 9.89 Å². The largest absolute Gasteiger partial charge is 0.496 e. The van der Waals surface area contributed by atoms with Crippen LogP contribution < -0.4 is 10.1 Å². The summed E-state index contributed by atoms with van der Waals surface area (Å²) in [4.78, 5) is 15.6. The Morgan fingerprint density at radius 1 is 1.21 bits per heavy atom. The molecule has 1 amide bonds. The molecule has 2 saturated heterocycles. The van der Waals surface area contributed by atoms with Crippen LogP contribution in [0.15, 0.2) is 18.2 Å². The summed E-state index contributed by atoms with van der Waals surface area (Å²) < 4.78 is 5.51. The lowest BCUT2D eigenvalue weighted by atomic mass is 9.83. The third-order valence-electron chi connectivity index (χ3n) is 7.08. The highest BCUT2D eigenvalue weighted by atomic mass is 16.5. The molecule has 5 rings (SSSR count). The van der Waals surface area contributed by atoms with Gasteiger partial charge in [-0.25, -0.2) is 0 Å². The Kier molecular flexibility index (Phi) is 5.04. The van der Waals surface area contributed by atoms with Crippen molar-refractivity contribution in [2.24, 2.45) is 5.92 Å². The van der Waals surface area contributed by atoms with Gasteiger partial charge in [-0.2, -0.15) is 5.10 Å². The Labute approximate surface area is 172 Å². The molecular formula is C23H30N4O2. The summed E-state index contributed by atoms with van der Waals surface area (Å²) in [5.74, 6) is 1.45. The molecule has 2 fully saturated rings. The molecular weight excluding hydrogens is 364 g/mol. The Morgan fingerprint density at radius 3 is 2.97 bits per heavy atom. The molecule has 0 bridgehead atoms. The molecule has 29 heavy (non-hydrogen) atoms. The number of piperidine rings is 2. The van der Waals surface area contributed by atoms with Gasteiger partial charge < -0.3 is 15.0 Å². The van der Waals surface area contributed by atoms with E-state index in [1.165, 1.54) is 50.8 Å². The third-order valence-corrected chi connectivity index (χ3v) is 7.08. The van der Waals surface area contributed by atoms with E-state index in [2.05, 4.69) is 26.5 Å². The summed E-state index contributed by atoms with van der Waals surface area (Å²) >= 11 is 0. The second-order valence-electron chi connectivity index (χ2n) is 8.62. The lowest BCUT2D eigenvalue weighted by molar-refractivity contribution is 0.0575. The SMILES string of the molecule is COc1cccc2c1CCc1c-2n[nH]c1C(=O)NC[C@H]1CCCN2CCCC[C@H]12. The number of hydrogen-bond donors (Lipinski definition) is 2. The van der Waals surface area contributed by atoms with Crippen molar-refractivity contribution >= 4 is 5.91 Å². The van der Waals surface area contributed by atoms with E-state index < -0.39 is 0 Å². The van der Waals surface area contributed by atoms with Crippen LogP contribution in [0, 0.1) is 5.92 Å². The molecule has 0 spiro atoms. The topological polar surface area (TPSA) is 70.2 Å². The Hall–Kier alpha value is -2.34. The highest BCUT2D eigenvalue weighted by molar-refractivity contribution is 5.96. The summed E-state index contributed by atoms with van der Waals surface area (Å²) in [7, 11) is 1.70. The average molecular weight is 395 g/mol. The monoisotopic (exact) mass is 394 g/mol. The van der Waals surface area contributed by atoms with Crippen LogP contribution in [0.2, 0.25) is 0 Å². The molecule has 1 aromatic heterocycles. The third kappa shape index (κ3) is 3.33. The average Bonchev–Trinajstić information content (AvgIpc) is 3.21. The highest BCUT2D eigenvalue weighted by Crippen LogP contribution is 2.38. The van der Waals surface area contributed by atoms with Crippen LogP contribution in [0.4, 0.5) is 0 Å². The normalized spacial score (nSPS) is 23.6. The fourth-order valence-corrected chi connectivity index (χ4v) is 5.63. The number of rotatable bonds is 4. The zero-order valence-electron chi connectivity index (χ0n) is 17.2. The first-order valence-corrected chi connectivity index (χ1v) is 11.0. The maximum Gasteiger partial charge on any atom is 0.269 e. The van der Waals surface area contributed by atoms with E-state index in [0.29, 0.717) is 17.7 Å². The van der Waals surface area contributed by atoms with Crippen molar-refractivity contribution in [3.63, 3.8) is 0 Å². The van der Waals surface area contributed by atoms with E-state index in [0.717, 1.165) is 42.0 Å². The number of carbonyl (C=O) groups is 1. The maximum absolute atomic E-state index is 13.0. The number of H-pyrrole nitrogens is 1. The molecule has 0 unspecified atom stereocenters. The van der Waals surface area contributed by atoms with Gasteiger partial charge in [0.15, 0.2) is 0 Å². The van der Waals surface area contributed by atoms with Crippen molar-refractivity contribution in [3.05, 3.63) is 35.0 Å². The molecule has 1 aliphatic carbocycles. The maximum atomic E-state index is 13.0. The van der Waals surface area contributed by atoms with Gasteiger partial charge >= 0.3 is 0 Å². The number of carbonyl (C=O) groups excluding carboxylic acids is 1. The van der Waals surface area contributed by atoms with Gasteiger partial charge in [0.25, 0.3) is 5.91 Å². The van der Waals surface area contributed by atoms with Crippen LogP contribution >= 0.6 is 0 Å². The van der Waals surface area contributed by atoms with Crippen LogP contribution in [-0.4, -0.2) is 53.8 Å². The minimum atomic E-state index is -0.0157. The van der Waals surface area contributed by atoms with Crippen molar-refractivity contribution in [1.82, 2.24) is 20.4 Å². The molecule has 3 aliphatic rings. The number of nitrogens with one attached hydrogen (secondary N) is 2. The first-order valence-electron chi connectivity index (χ1n) is 11.0. The predicted octanol–water partition coefficient (Wildman–Crippen LogP) is 3.18. The minimum Gasteiger partial charge on any atom is -0.496 e.